The van der Waals surface area contributed by atoms with E-state index in [1.54, 1.807) is 0 Å². The molecule has 0 N–H and O–H groups in total. The molecular formula is C24H46O2. The lowest BCUT2D eigenvalue weighted by molar-refractivity contribution is -0.192. The number of esters is 1. The van der Waals surface area contributed by atoms with E-state index in [2.05, 4.69) is 76.2 Å². The van der Waals surface area contributed by atoms with Crippen LogP contribution in [0.3, 0.4) is 0 Å². The van der Waals surface area contributed by atoms with E-state index in [1.165, 1.54) is 12.8 Å². The van der Waals surface area contributed by atoms with Gasteiger partial charge >= 0.3 is 5.97 Å². The van der Waals surface area contributed by atoms with Gasteiger partial charge in [-0.2, -0.15) is 0 Å². The van der Waals surface area contributed by atoms with Gasteiger partial charge in [-0.05, 0) is 69.6 Å². The summed E-state index contributed by atoms with van der Waals surface area (Å²) in [6, 6.07) is 0. The molecule has 0 saturated heterocycles. The van der Waals surface area contributed by atoms with Gasteiger partial charge in [-0.25, -0.2) is 0 Å². The summed E-state index contributed by atoms with van der Waals surface area (Å²) in [4.78, 5) is 13.4. The summed E-state index contributed by atoms with van der Waals surface area (Å²) in [5.74, 6) is 1.68. The molecule has 1 aliphatic rings. The van der Waals surface area contributed by atoms with Gasteiger partial charge in [0.2, 0.25) is 0 Å². The van der Waals surface area contributed by atoms with Crippen LogP contribution < -0.4 is 0 Å². The smallest absolute Gasteiger partial charge is 0.312 e. The molecule has 1 rings (SSSR count). The molecule has 4 unspecified atom stereocenters. The zero-order valence-corrected chi connectivity index (χ0v) is 19.6. The molecule has 0 heterocycles. The molecule has 0 bridgehead atoms. The summed E-state index contributed by atoms with van der Waals surface area (Å²) in [5, 5.41) is 0. The van der Waals surface area contributed by atoms with Gasteiger partial charge in [0.15, 0.2) is 0 Å². The van der Waals surface area contributed by atoms with Crippen LogP contribution in [0.25, 0.3) is 0 Å². The lowest BCUT2D eigenvalue weighted by Crippen LogP contribution is -2.52. The second kappa shape index (κ2) is 7.84. The van der Waals surface area contributed by atoms with Crippen LogP contribution in [0.4, 0.5) is 0 Å². The molecule has 4 atom stereocenters. The predicted molar refractivity (Wildman–Crippen MR) is 112 cm³/mol. The van der Waals surface area contributed by atoms with Gasteiger partial charge in [0.05, 0.1) is 5.41 Å². The van der Waals surface area contributed by atoms with Crippen LogP contribution in [0.2, 0.25) is 0 Å². The summed E-state index contributed by atoms with van der Waals surface area (Å²) in [7, 11) is 0. The highest BCUT2D eigenvalue weighted by atomic mass is 16.6. The Balaban J connectivity index is 3.07. The fourth-order valence-electron chi connectivity index (χ4n) is 5.11. The van der Waals surface area contributed by atoms with Crippen molar-refractivity contribution in [2.45, 2.75) is 114 Å². The van der Waals surface area contributed by atoms with Crippen molar-refractivity contribution in [2.24, 2.45) is 34.0 Å². The molecule has 0 spiro atoms. The molecule has 0 aromatic heterocycles. The number of carbonyl (C=O) groups is 1. The molecule has 2 heteroatoms. The summed E-state index contributed by atoms with van der Waals surface area (Å²) in [6.45, 7) is 24.3. The second-order valence-corrected chi connectivity index (χ2v) is 11.8. The minimum Gasteiger partial charge on any atom is -0.459 e. The Morgan fingerprint density at radius 1 is 1.12 bits per heavy atom. The first kappa shape index (κ1) is 23.5. The average molecular weight is 367 g/mol. The standard InChI is InChI=1S/C24H46O2/c1-12-19-13-18(4)14-23(10,15-19)22(8,9)26-20(25)24(11,17(2)3)16-21(5,6)7/h17-19H,12-16H2,1-11H3. The van der Waals surface area contributed by atoms with E-state index >= 15 is 0 Å². The molecule has 0 aliphatic heterocycles. The second-order valence-electron chi connectivity index (χ2n) is 11.8. The van der Waals surface area contributed by atoms with Crippen LogP contribution in [-0.2, 0) is 9.53 Å². The molecule has 1 aliphatic carbocycles. The van der Waals surface area contributed by atoms with Crippen LogP contribution in [0, 0.1) is 34.0 Å². The topological polar surface area (TPSA) is 26.3 Å². The highest BCUT2D eigenvalue weighted by Crippen LogP contribution is 2.52. The Bertz CT molecular complexity index is 485. The maximum absolute atomic E-state index is 13.4. The minimum absolute atomic E-state index is 0.0140. The van der Waals surface area contributed by atoms with Crippen molar-refractivity contribution in [1.29, 1.82) is 0 Å². The molecule has 2 nitrogen and oxygen atoms in total. The van der Waals surface area contributed by atoms with Crippen molar-refractivity contribution in [3.63, 3.8) is 0 Å². The van der Waals surface area contributed by atoms with Crippen molar-refractivity contribution in [3.05, 3.63) is 0 Å². The summed E-state index contributed by atoms with van der Waals surface area (Å²) >= 11 is 0. The van der Waals surface area contributed by atoms with Crippen LogP contribution in [0.1, 0.15) is 108 Å². The molecule has 0 aromatic carbocycles. The quantitative estimate of drug-likeness (QED) is 0.462. The first-order valence-electron chi connectivity index (χ1n) is 10.8. The maximum Gasteiger partial charge on any atom is 0.312 e. The average Bonchev–Trinajstić information content (AvgIpc) is 2.43. The SMILES string of the molecule is CCC1CC(C)CC(C)(C(C)(C)OC(=O)C(C)(CC(C)(C)C)C(C)C)C1. The van der Waals surface area contributed by atoms with Gasteiger partial charge in [-0.1, -0.05) is 61.8 Å². The third-order valence-corrected chi connectivity index (χ3v) is 7.29. The van der Waals surface area contributed by atoms with Gasteiger partial charge in [0.1, 0.15) is 5.60 Å². The third kappa shape index (κ3) is 5.26. The monoisotopic (exact) mass is 366 g/mol. The van der Waals surface area contributed by atoms with E-state index in [9.17, 15) is 4.79 Å². The van der Waals surface area contributed by atoms with E-state index in [1.807, 2.05) is 0 Å². The third-order valence-electron chi connectivity index (χ3n) is 7.29. The largest absolute Gasteiger partial charge is 0.459 e. The normalized spacial score (nSPS) is 30.2. The van der Waals surface area contributed by atoms with Crippen LogP contribution in [0.5, 0.6) is 0 Å². The number of carbonyl (C=O) groups excluding carboxylic acids is 1. The van der Waals surface area contributed by atoms with E-state index in [-0.39, 0.29) is 22.7 Å². The zero-order valence-electron chi connectivity index (χ0n) is 19.6. The van der Waals surface area contributed by atoms with Gasteiger partial charge in [-0.15, -0.1) is 0 Å². The van der Waals surface area contributed by atoms with Gasteiger partial charge in [0, 0.05) is 5.41 Å². The Morgan fingerprint density at radius 2 is 1.65 bits per heavy atom. The fourth-order valence-corrected chi connectivity index (χ4v) is 5.11. The summed E-state index contributed by atoms with van der Waals surface area (Å²) in [6.07, 6.45) is 5.67. The summed E-state index contributed by atoms with van der Waals surface area (Å²) in [5.41, 5.74) is -0.754. The van der Waals surface area contributed by atoms with Crippen molar-refractivity contribution >= 4 is 5.97 Å². The Labute approximate surface area is 163 Å². The molecule has 26 heavy (non-hydrogen) atoms. The Morgan fingerprint density at radius 3 is 2.08 bits per heavy atom. The van der Waals surface area contributed by atoms with Crippen molar-refractivity contribution in [2.75, 3.05) is 0 Å². The fraction of sp³-hybridized carbons (Fsp3) is 0.958. The predicted octanol–water partition coefficient (Wildman–Crippen LogP) is 7.26. The van der Waals surface area contributed by atoms with Crippen LogP contribution >= 0.6 is 0 Å². The summed E-state index contributed by atoms with van der Waals surface area (Å²) < 4.78 is 6.35. The van der Waals surface area contributed by atoms with Gasteiger partial charge < -0.3 is 4.74 Å². The van der Waals surface area contributed by atoms with Crippen molar-refractivity contribution in [3.8, 4) is 0 Å². The first-order valence-corrected chi connectivity index (χ1v) is 10.8. The zero-order chi connectivity index (χ0) is 20.6. The molecule has 0 radical (unpaired) electrons. The van der Waals surface area contributed by atoms with E-state index in [4.69, 9.17) is 4.74 Å². The van der Waals surface area contributed by atoms with E-state index < -0.39 is 11.0 Å². The first-order chi connectivity index (χ1) is 11.6. The number of rotatable bonds is 6. The lowest BCUT2D eigenvalue weighted by atomic mass is 9.59. The number of ether oxygens (including phenoxy) is 1. The Hall–Kier alpha value is -0.530. The highest BCUT2D eigenvalue weighted by molar-refractivity contribution is 5.77. The molecular weight excluding hydrogens is 320 g/mol. The lowest BCUT2D eigenvalue weighted by Gasteiger charge is -2.51. The van der Waals surface area contributed by atoms with E-state index in [0.29, 0.717) is 5.92 Å². The van der Waals surface area contributed by atoms with Crippen LogP contribution in [-0.4, -0.2) is 11.6 Å². The highest BCUT2D eigenvalue weighted by Gasteiger charge is 2.51. The van der Waals surface area contributed by atoms with Gasteiger partial charge in [-0.3, -0.25) is 4.79 Å². The number of hydrogen-bond donors (Lipinski definition) is 0. The number of hydrogen-bond acceptors (Lipinski definition) is 2. The maximum atomic E-state index is 13.4. The molecule has 1 fully saturated rings. The minimum atomic E-state index is -0.448. The van der Waals surface area contributed by atoms with Crippen LogP contribution in [0.15, 0.2) is 0 Å². The van der Waals surface area contributed by atoms with Crippen molar-refractivity contribution < 1.29 is 9.53 Å². The molecule has 0 amide bonds. The molecule has 154 valence electrons. The molecule has 0 aromatic rings. The van der Waals surface area contributed by atoms with Crippen molar-refractivity contribution in [1.82, 2.24) is 0 Å². The Kier molecular flexibility index (Phi) is 7.09. The molecule has 1 saturated carbocycles. The van der Waals surface area contributed by atoms with E-state index in [0.717, 1.165) is 25.2 Å². The van der Waals surface area contributed by atoms with Gasteiger partial charge in [0.25, 0.3) is 0 Å².